The van der Waals surface area contributed by atoms with Crippen LogP contribution in [-0.2, 0) is 0 Å². The van der Waals surface area contributed by atoms with Gasteiger partial charge >= 0.3 is 0 Å². The van der Waals surface area contributed by atoms with Crippen molar-refractivity contribution in [1.29, 1.82) is 0 Å². The highest BCUT2D eigenvalue weighted by Gasteiger charge is 2.18. The molecule has 2 aromatic carbocycles. The van der Waals surface area contributed by atoms with Crippen molar-refractivity contribution >= 4 is 5.91 Å². The summed E-state index contributed by atoms with van der Waals surface area (Å²) in [6.45, 7) is 0. The van der Waals surface area contributed by atoms with E-state index in [9.17, 15) is 4.79 Å². The van der Waals surface area contributed by atoms with Crippen molar-refractivity contribution in [2.45, 2.75) is 6.04 Å². The lowest BCUT2D eigenvalue weighted by molar-refractivity contribution is 0.0933. The van der Waals surface area contributed by atoms with E-state index in [0.29, 0.717) is 0 Å². The fraction of sp³-hybridized carbons (Fsp3) is 0.0625. The molecule has 21 heavy (non-hydrogen) atoms. The number of hydrogen-bond acceptors (Lipinski definition) is 3. The molecule has 104 valence electrons. The first-order chi connectivity index (χ1) is 10.3. The molecular weight excluding hydrogens is 264 g/mol. The summed E-state index contributed by atoms with van der Waals surface area (Å²) >= 11 is 0. The number of aromatic amines is 1. The van der Waals surface area contributed by atoms with E-state index in [-0.39, 0.29) is 17.8 Å². The van der Waals surface area contributed by atoms with Gasteiger partial charge in [0, 0.05) is 0 Å². The van der Waals surface area contributed by atoms with Crippen molar-refractivity contribution in [2.75, 3.05) is 0 Å². The van der Waals surface area contributed by atoms with E-state index in [1.54, 1.807) is 0 Å². The van der Waals surface area contributed by atoms with Crippen LogP contribution in [0.3, 0.4) is 0 Å². The lowest BCUT2D eigenvalue weighted by Crippen LogP contribution is -2.30. The minimum absolute atomic E-state index is 0.201. The van der Waals surface area contributed by atoms with Crippen LogP contribution in [0.2, 0.25) is 0 Å². The third-order valence-corrected chi connectivity index (χ3v) is 3.17. The van der Waals surface area contributed by atoms with Crippen LogP contribution in [-0.4, -0.2) is 21.1 Å². The normalized spacial score (nSPS) is 10.5. The Kier molecular flexibility index (Phi) is 3.73. The van der Waals surface area contributed by atoms with Crippen molar-refractivity contribution in [3.8, 4) is 0 Å². The van der Waals surface area contributed by atoms with Gasteiger partial charge in [0.05, 0.1) is 6.04 Å². The second-order valence-electron chi connectivity index (χ2n) is 4.56. The second-order valence-corrected chi connectivity index (χ2v) is 4.56. The number of carbonyl (C=O) groups excluding carboxylic acids is 1. The summed E-state index contributed by atoms with van der Waals surface area (Å²) in [5, 5.41) is 9.25. The van der Waals surface area contributed by atoms with Gasteiger partial charge in [-0.05, 0) is 11.1 Å². The summed E-state index contributed by atoms with van der Waals surface area (Å²) in [4.78, 5) is 16.1. The average Bonchev–Trinajstić information content (AvgIpc) is 3.09. The smallest absolute Gasteiger partial charge is 0.289 e. The first kappa shape index (κ1) is 13.1. The minimum Gasteiger partial charge on any atom is -0.338 e. The summed E-state index contributed by atoms with van der Waals surface area (Å²) in [7, 11) is 0. The number of aromatic nitrogens is 3. The van der Waals surface area contributed by atoms with Gasteiger partial charge in [0.15, 0.2) is 0 Å². The van der Waals surface area contributed by atoms with E-state index in [4.69, 9.17) is 0 Å². The molecule has 0 aliphatic rings. The summed E-state index contributed by atoms with van der Waals surface area (Å²) in [6.07, 6.45) is 1.31. The van der Waals surface area contributed by atoms with Gasteiger partial charge in [0.25, 0.3) is 5.91 Å². The molecule has 0 saturated carbocycles. The summed E-state index contributed by atoms with van der Waals surface area (Å²) in [6, 6.07) is 19.4. The zero-order chi connectivity index (χ0) is 14.5. The summed E-state index contributed by atoms with van der Waals surface area (Å²) in [5.41, 5.74) is 2.02. The molecule has 0 atom stereocenters. The number of benzene rings is 2. The molecule has 1 amide bonds. The first-order valence-electron chi connectivity index (χ1n) is 6.61. The van der Waals surface area contributed by atoms with Gasteiger partial charge in [-0.3, -0.25) is 9.89 Å². The van der Waals surface area contributed by atoms with Crippen LogP contribution in [0.4, 0.5) is 0 Å². The van der Waals surface area contributed by atoms with E-state index in [1.165, 1.54) is 6.33 Å². The largest absolute Gasteiger partial charge is 0.338 e. The number of amides is 1. The molecule has 5 nitrogen and oxygen atoms in total. The van der Waals surface area contributed by atoms with Crippen molar-refractivity contribution in [1.82, 2.24) is 20.5 Å². The number of carbonyl (C=O) groups is 1. The molecule has 3 aromatic rings. The number of hydrogen-bond donors (Lipinski definition) is 2. The van der Waals surface area contributed by atoms with Crippen LogP contribution in [0.15, 0.2) is 67.0 Å². The van der Waals surface area contributed by atoms with Gasteiger partial charge in [-0.1, -0.05) is 60.7 Å². The van der Waals surface area contributed by atoms with Crippen LogP contribution in [0.1, 0.15) is 27.8 Å². The minimum atomic E-state index is -0.287. The molecule has 0 fully saturated rings. The molecule has 1 aromatic heterocycles. The zero-order valence-corrected chi connectivity index (χ0v) is 11.2. The highest BCUT2D eigenvalue weighted by atomic mass is 16.2. The van der Waals surface area contributed by atoms with Crippen molar-refractivity contribution in [3.63, 3.8) is 0 Å². The van der Waals surface area contributed by atoms with Crippen LogP contribution in [0.5, 0.6) is 0 Å². The monoisotopic (exact) mass is 278 g/mol. The molecule has 0 spiro atoms. The van der Waals surface area contributed by atoms with Gasteiger partial charge < -0.3 is 5.32 Å². The van der Waals surface area contributed by atoms with E-state index in [1.807, 2.05) is 60.7 Å². The molecular formula is C16H14N4O. The molecule has 1 heterocycles. The van der Waals surface area contributed by atoms with Gasteiger partial charge in [0.1, 0.15) is 6.33 Å². The first-order valence-corrected chi connectivity index (χ1v) is 6.61. The van der Waals surface area contributed by atoms with Crippen LogP contribution in [0.25, 0.3) is 0 Å². The lowest BCUT2D eigenvalue weighted by atomic mass is 9.99. The van der Waals surface area contributed by atoms with Crippen LogP contribution in [0, 0.1) is 0 Å². The number of nitrogens with one attached hydrogen (secondary N) is 2. The van der Waals surface area contributed by atoms with Crippen molar-refractivity contribution in [2.24, 2.45) is 0 Å². The van der Waals surface area contributed by atoms with E-state index in [0.717, 1.165) is 11.1 Å². The molecule has 5 heteroatoms. The molecule has 0 aliphatic heterocycles. The molecule has 3 rings (SSSR count). The molecule has 0 bridgehead atoms. The lowest BCUT2D eigenvalue weighted by Gasteiger charge is -2.19. The Hall–Kier alpha value is -2.95. The fourth-order valence-electron chi connectivity index (χ4n) is 2.16. The topological polar surface area (TPSA) is 70.7 Å². The van der Waals surface area contributed by atoms with Gasteiger partial charge in [-0.25, -0.2) is 4.98 Å². The summed E-state index contributed by atoms with van der Waals surface area (Å²) < 4.78 is 0. The van der Waals surface area contributed by atoms with Crippen molar-refractivity contribution in [3.05, 3.63) is 83.9 Å². The van der Waals surface area contributed by atoms with Crippen LogP contribution < -0.4 is 5.32 Å². The maximum Gasteiger partial charge on any atom is 0.289 e. The third-order valence-electron chi connectivity index (χ3n) is 3.17. The predicted octanol–water partition coefficient (Wildman–Crippen LogP) is 2.32. The number of H-pyrrole nitrogens is 1. The fourth-order valence-corrected chi connectivity index (χ4v) is 2.16. The maximum atomic E-state index is 12.2. The maximum absolute atomic E-state index is 12.2. The molecule has 2 N–H and O–H groups in total. The number of nitrogens with zero attached hydrogens (tertiary/aromatic N) is 2. The highest BCUT2D eigenvalue weighted by Crippen LogP contribution is 2.21. The Morgan fingerprint density at radius 1 is 0.952 bits per heavy atom. The standard InChI is InChI=1S/C16H14N4O/c21-16(15-17-11-18-20-15)19-14(12-7-3-1-4-8-12)13-9-5-2-6-10-13/h1-11,14H,(H,19,21)(H,17,18,20). The quantitative estimate of drug-likeness (QED) is 0.769. The highest BCUT2D eigenvalue weighted by molar-refractivity contribution is 5.90. The zero-order valence-electron chi connectivity index (χ0n) is 11.2. The van der Waals surface area contributed by atoms with Gasteiger partial charge in [-0.15, -0.1) is 0 Å². The Labute approximate surface area is 122 Å². The van der Waals surface area contributed by atoms with E-state index in [2.05, 4.69) is 20.5 Å². The Morgan fingerprint density at radius 3 is 2.00 bits per heavy atom. The molecule has 0 unspecified atom stereocenters. The number of rotatable bonds is 4. The SMILES string of the molecule is O=C(NC(c1ccccc1)c1ccccc1)c1ncn[nH]1. The Morgan fingerprint density at radius 2 is 1.52 bits per heavy atom. The van der Waals surface area contributed by atoms with Crippen LogP contribution >= 0.6 is 0 Å². The summed E-state index contributed by atoms with van der Waals surface area (Å²) in [5.74, 6) is -0.0860. The molecule has 0 radical (unpaired) electrons. The molecule has 0 saturated heterocycles. The Balaban J connectivity index is 1.92. The van der Waals surface area contributed by atoms with Crippen molar-refractivity contribution < 1.29 is 4.79 Å². The molecule has 0 aliphatic carbocycles. The van der Waals surface area contributed by atoms with Gasteiger partial charge in [0.2, 0.25) is 5.82 Å². The predicted molar refractivity (Wildman–Crippen MR) is 78.6 cm³/mol. The average molecular weight is 278 g/mol. The van der Waals surface area contributed by atoms with E-state index >= 15 is 0 Å². The Bertz CT molecular complexity index is 656. The van der Waals surface area contributed by atoms with E-state index < -0.39 is 0 Å². The van der Waals surface area contributed by atoms with Gasteiger partial charge in [-0.2, -0.15) is 5.10 Å². The third kappa shape index (κ3) is 2.97. The second kappa shape index (κ2) is 6.00.